The fraction of sp³-hybridized carbons (Fsp3) is 0.267. The number of benzene rings is 1. The Morgan fingerprint density at radius 3 is 2.95 bits per heavy atom. The molecule has 20 heavy (non-hydrogen) atoms. The van der Waals surface area contributed by atoms with Crippen LogP contribution in [0.1, 0.15) is 21.7 Å². The highest BCUT2D eigenvalue weighted by atomic mass is 16.5. The molecule has 2 rings (SSSR count). The van der Waals surface area contributed by atoms with Crippen LogP contribution >= 0.6 is 0 Å². The van der Waals surface area contributed by atoms with Gasteiger partial charge >= 0.3 is 5.97 Å². The van der Waals surface area contributed by atoms with E-state index in [1.54, 1.807) is 7.11 Å². The van der Waals surface area contributed by atoms with Crippen molar-refractivity contribution >= 4 is 5.97 Å². The van der Waals surface area contributed by atoms with E-state index >= 15 is 0 Å². The van der Waals surface area contributed by atoms with Crippen molar-refractivity contribution in [1.82, 2.24) is 5.32 Å². The standard InChI is InChI=1S/C15H17NO4/c1-19-13-4-2-3-11(7-13)5-6-16-9-14-8-12(10-20-14)15(17)18/h2-4,7-8,10,16H,5-6,9H2,1H3,(H,17,18). The Morgan fingerprint density at radius 2 is 2.25 bits per heavy atom. The number of rotatable bonds is 7. The second kappa shape index (κ2) is 6.77. The lowest BCUT2D eigenvalue weighted by Gasteiger charge is -2.05. The zero-order chi connectivity index (χ0) is 14.4. The quantitative estimate of drug-likeness (QED) is 0.759. The summed E-state index contributed by atoms with van der Waals surface area (Å²) in [5, 5.41) is 12.0. The fourth-order valence-electron chi connectivity index (χ4n) is 1.86. The molecule has 0 atom stereocenters. The van der Waals surface area contributed by atoms with Gasteiger partial charge in [-0.15, -0.1) is 0 Å². The Balaban J connectivity index is 1.76. The zero-order valence-electron chi connectivity index (χ0n) is 11.3. The van der Waals surface area contributed by atoms with E-state index in [1.165, 1.54) is 17.9 Å². The lowest BCUT2D eigenvalue weighted by molar-refractivity contribution is 0.0696. The summed E-state index contributed by atoms with van der Waals surface area (Å²) in [4.78, 5) is 10.7. The molecular weight excluding hydrogens is 258 g/mol. The normalized spacial score (nSPS) is 10.4. The van der Waals surface area contributed by atoms with Gasteiger partial charge < -0.3 is 19.6 Å². The summed E-state index contributed by atoms with van der Waals surface area (Å²) in [7, 11) is 1.65. The minimum absolute atomic E-state index is 0.176. The van der Waals surface area contributed by atoms with Gasteiger partial charge in [0, 0.05) is 0 Å². The molecule has 2 aromatic rings. The summed E-state index contributed by atoms with van der Waals surface area (Å²) in [6, 6.07) is 9.44. The van der Waals surface area contributed by atoms with E-state index < -0.39 is 5.97 Å². The summed E-state index contributed by atoms with van der Waals surface area (Å²) in [5.74, 6) is 0.490. The first-order valence-electron chi connectivity index (χ1n) is 6.33. The molecule has 0 aliphatic rings. The molecule has 0 bridgehead atoms. The van der Waals surface area contributed by atoms with Crippen molar-refractivity contribution in [1.29, 1.82) is 0 Å². The van der Waals surface area contributed by atoms with Crippen molar-refractivity contribution in [2.45, 2.75) is 13.0 Å². The maximum absolute atomic E-state index is 10.7. The van der Waals surface area contributed by atoms with E-state index in [4.69, 9.17) is 14.3 Å². The molecule has 5 nitrogen and oxygen atoms in total. The highest BCUT2D eigenvalue weighted by molar-refractivity contribution is 5.87. The molecule has 0 fully saturated rings. The number of hydrogen-bond donors (Lipinski definition) is 2. The summed E-state index contributed by atoms with van der Waals surface area (Å²) in [5.41, 5.74) is 1.36. The SMILES string of the molecule is COc1cccc(CCNCc2cc(C(=O)O)co2)c1. The van der Waals surface area contributed by atoms with Crippen molar-refractivity contribution in [3.8, 4) is 5.75 Å². The van der Waals surface area contributed by atoms with E-state index in [9.17, 15) is 4.79 Å². The van der Waals surface area contributed by atoms with Gasteiger partial charge in [0.2, 0.25) is 0 Å². The molecule has 1 aromatic heterocycles. The maximum atomic E-state index is 10.7. The zero-order valence-corrected chi connectivity index (χ0v) is 11.3. The predicted octanol–water partition coefficient (Wildman–Crippen LogP) is 2.32. The average Bonchev–Trinajstić information content (AvgIpc) is 2.93. The van der Waals surface area contributed by atoms with Gasteiger partial charge in [0.25, 0.3) is 0 Å². The van der Waals surface area contributed by atoms with Gasteiger partial charge in [0.1, 0.15) is 17.8 Å². The van der Waals surface area contributed by atoms with Gasteiger partial charge in [-0.2, -0.15) is 0 Å². The highest BCUT2D eigenvalue weighted by Crippen LogP contribution is 2.12. The van der Waals surface area contributed by atoms with Crippen molar-refractivity contribution < 1.29 is 19.1 Å². The lowest BCUT2D eigenvalue weighted by Crippen LogP contribution is -2.16. The smallest absolute Gasteiger partial charge is 0.338 e. The molecule has 0 aliphatic carbocycles. The third-order valence-electron chi connectivity index (χ3n) is 2.92. The van der Waals surface area contributed by atoms with Crippen LogP contribution in [-0.2, 0) is 13.0 Å². The van der Waals surface area contributed by atoms with Crippen LogP contribution in [0.2, 0.25) is 0 Å². The molecule has 1 heterocycles. The molecule has 1 aromatic carbocycles. The number of furan rings is 1. The molecule has 2 N–H and O–H groups in total. The summed E-state index contributed by atoms with van der Waals surface area (Å²) >= 11 is 0. The second-order valence-corrected chi connectivity index (χ2v) is 4.39. The second-order valence-electron chi connectivity index (χ2n) is 4.39. The van der Waals surface area contributed by atoms with E-state index in [0.717, 1.165) is 18.7 Å². The topological polar surface area (TPSA) is 71.7 Å². The number of carbonyl (C=O) groups is 1. The Labute approximate surface area is 117 Å². The van der Waals surface area contributed by atoms with Crippen molar-refractivity contribution in [3.63, 3.8) is 0 Å². The Bertz CT molecular complexity index is 577. The Kier molecular flexibility index (Phi) is 4.79. The van der Waals surface area contributed by atoms with E-state index in [1.807, 2.05) is 24.3 Å². The summed E-state index contributed by atoms with van der Waals surface area (Å²) in [6.07, 6.45) is 2.12. The summed E-state index contributed by atoms with van der Waals surface area (Å²) < 4.78 is 10.3. The molecule has 0 aliphatic heterocycles. The largest absolute Gasteiger partial charge is 0.497 e. The highest BCUT2D eigenvalue weighted by Gasteiger charge is 2.07. The van der Waals surface area contributed by atoms with Gasteiger partial charge in [-0.3, -0.25) is 0 Å². The molecule has 0 saturated heterocycles. The number of ether oxygens (including phenoxy) is 1. The Morgan fingerprint density at radius 1 is 1.40 bits per heavy atom. The molecular formula is C15H17NO4. The Hall–Kier alpha value is -2.27. The van der Waals surface area contributed by atoms with E-state index in [-0.39, 0.29) is 5.56 Å². The lowest BCUT2D eigenvalue weighted by atomic mass is 10.1. The van der Waals surface area contributed by atoms with Crippen molar-refractivity contribution in [2.24, 2.45) is 0 Å². The van der Waals surface area contributed by atoms with Crippen LogP contribution < -0.4 is 10.1 Å². The van der Waals surface area contributed by atoms with Crippen LogP contribution in [-0.4, -0.2) is 24.7 Å². The number of carboxylic acid groups (broad SMARTS) is 1. The molecule has 0 amide bonds. The van der Waals surface area contributed by atoms with Crippen LogP contribution in [0.5, 0.6) is 5.75 Å². The first kappa shape index (κ1) is 14.1. The minimum atomic E-state index is -0.976. The number of aromatic carboxylic acids is 1. The van der Waals surface area contributed by atoms with E-state index in [2.05, 4.69) is 5.32 Å². The predicted molar refractivity (Wildman–Crippen MR) is 74.1 cm³/mol. The average molecular weight is 275 g/mol. The van der Waals surface area contributed by atoms with Gasteiger partial charge in [-0.25, -0.2) is 4.79 Å². The van der Waals surface area contributed by atoms with Gasteiger partial charge in [-0.1, -0.05) is 12.1 Å². The van der Waals surface area contributed by atoms with Crippen LogP contribution in [0.25, 0.3) is 0 Å². The molecule has 0 radical (unpaired) electrons. The molecule has 0 spiro atoms. The van der Waals surface area contributed by atoms with Crippen LogP contribution in [0.3, 0.4) is 0 Å². The molecule has 5 heteroatoms. The van der Waals surface area contributed by atoms with Crippen LogP contribution in [0.15, 0.2) is 41.0 Å². The van der Waals surface area contributed by atoms with Crippen molar-refractivity contribution in [2.75, 3.05) is 13.7 Å². The fourth-order valence-corrected chi connectivity index (χ4v) is 1.86. The minimum Gasteiger partial charge on any atom is -0.497 e. The molecule has 0 saturated carbocycles. The number of hydrogen-bond acceptors (Lipinski definition) is 4. The maximum Gasteiger partial charge on any atom is 0.338 e. The van der Waals surface area contributed by atoms with Crippen LogP contribution in [0, 0.1) is 0 Å². The first-order valence-corrected chi connectivity index (χ1v) is 6.33. The molecule has 106 valence electrons. The van der Waals surface area contributed by atoms with Gasteiger partial charge in [0.15, 0.2) is 0 Å². The first-order chi connectivity index (χ1) is 9.69. The monoisotopic (exact) mass is 275 g/mol. The van der Waals surface area contributed by atoms with Gasteiger partial charge in [-0.05, 0) is 36.7 Å². The van der Waals surface area contributed by atoms with E-state index in [0.29, 0.717) is 12.3 Å². The number of carboxylic acids is 1. The third kappa shape index (κ3) is 3.86. The third-order valence-corrected chi connectivity index (χ3v) is 2.92. The van der Waals surface area contributed by atoms with Crippen LogP contribution in [0.4, 0.5) is 0 Å². The van der Waals surface area contributed by atoms with Gasteiger partial charge in [0.05, 0.1) is 19.2 Å². The summed E-state index contributed by atoms with van der Waals surface area (Å²) in [6.45, 7) is 1.29. The number of nitrogens with one attached hydrogen (secondary N) is 1. The number of methoxy groups -OCH3 is 1. The van der Waals surface area contributed by atoms with Crippen molar-refractivity contribution in [3.05, 3.63) is 53.5 Å². The molecule has 0 unspecified atom stereocenters.